The third-order valence-electron chi connectivity index (χ3n) is 4.68. The highest BCUT2D eigenvalue weighted by Gasteiger charge is 2.17. The van der Waals surface area contributed by atoms with Crippen LogP contribution in [0.5, 0.6) is 0 Å². The van der Waals surface area contributed by atoms with Gasteiger partial charge in [0, 0.05) is 25.4 Å². The number of carbonyl (C=O) groups is 1. The van der Waals surface area contributed by atoms with E-state index in [1.165, 1.54) is 43.2 Å². The SMILES string of the molecule is O=C(CC1CCCCC1)NCc1ccccc1Cn1cccn1. The van der Waals surface area contributed by atoms with Crippen LogP contribution in [-0.2, 0) is 17.9 Å². The second-order valence-corrected chi connectivity index (χ2v) is 6.46. The maximum Gasteiger partial charge on any atom is 0.220 e. The Morgan fingerprint density at radius 2 is 1.91 bits per heavy atom. The number of rotatable bonds is 6. The fraction of sp³-hybridized carbons (Fsp3) is 0.474. The Bertz CT molecular complexity index is 615. The normalized spacial score (nSPS) is 15.5. The second-order valence-electron chi connectivity index (χ2n) is 6.46. The van der Waals surface area contributed by atoms with E-state index in [0.717, 1.165) is 6.54 Å². The van der Waals surface area contributed by atoms with Gasteiger partial charge in [-0.15, -0.1) is 0 Å². The molecule has 1 aliphatic carbocycles. The minimum Gasteiger partial charge on any atom is -0.352 e. The molecule has 4 nitrogen and oxygen atoms in total. The van der Waals surface area contributed by atoms with E-state index in [9.17, 15) is 4.79 Å². The van der Waals surface area contributed by atoms with Crippen molar-refractivity contribution < 1.29 is 4.79 Å². The highest BCUT2D eigenvalue weighted by molar-refractivity contribution is 5.76. The molecule has 2 aromatic rings. The van der Waals surface area contributed by atoms with Crippen molar-refractivity contribution in [3.05, 3.63) is 53.9 Å². The number of hydrogen-bond acceptors (Lipinski definition) is 2. The van der Waals surface area contributed by atoms with Crippen molar-refractivity contribution in [2.24, 2.45) is 5.92 Å². The third kappa shape index (κ3) is 4.68. The molecule has 1 heterocycles. The zero-order chi connectivity index (χ0) is 15.9. The molecule has 0 unspecified atom stereocenters. The summed E-state index contributed by atoms with van der Waals surface area (Å²) >= 11 is 0. The molecule has 0 saturated heterocycles. The van der Waals surface area contributed by atoms with E-state index < -0.39 is 0 Å². The van der Waals surface area contributed by atoms with E-state index in [2.05, 4.69) is 22.5 Å². The summed E-state index contributed by atoms with van der Waals surface area (Å²) < 4.78 is 1.91. The lowest BCUT2D eigenvalue weighted by Gasteiger charge is -2.21. The zero-order valence-corrected chi connectivity index (χ0v) is 13.6. The zero-order valence-electron chi connectivity index (χ0n) is 13.6. The van der Waals surface area contributed by atoms with Crippen LogP contribution in [0.3, 0.4) is 0 Å². The summed E-state index contributed by atoms with van der Waals surface area (Å²) in [6, 6.07) is 10.2. The highest BCUT2D eigenvalue weighted by Crippen LogP contribution is 2.26. The van der Waals surface area contributed by atoms with E-state index in [1.807, 2.05) is 29.1 Å². The summed E-state index contributed by atoms with van der Waals surface area (Å²) in [6.07, 6.45) is 10.7. The van der Waals surface area contributed by atoms with Gasteiger partial charge in [-0.05, 0) is 36.0 Å². The molecule has 1 aromatic carbocycles. The first-order valence-corrected chi connectivity index (χ1v) is 8.62. The molecule has 1 amide bonds. The smallest absolute Gasteiger partial charge is 0.220 e. The van der Waals surface area contributed by atoms with Crippen LogP contribution in [0.2, 0.25) is 0 Å². The molecule has 1 aliphatic rings. The van der Waals surface area contributed by atoms with Crippen molar-refractivity contribution in [2.45, 2.75) is 51.6 Å². The predicted octanol–water partition coefficient (Wildman–Crippen LogP) is 3.52. The van der Waals surface area contributed by atoms with Gasteiger partial charge < -0.3 is 5.32 Å². The van der Waals surface area contributed by atoms with Gasteiger partial charge in [0.15, 0.2) is 0 Å². The number of aromatic nitrogens is 2. The molecule has 1 fully saturated rings. The average molecular weight is 311 g/mol. The van der Waals surface area contributed by atoms with E-state index >= 15 is 0 Å². The maximum atomic E-state index is 12.2. The van der Waals surface area contributed by atoms with E-state index in [4.69, 9.17) is 0 Å². The standard InChI is InChI=1S/C19H25N3O/c23-19(13-16-7-2-1-3-8-16)20-14-17-9-4-5-10-18(17)15-22-12-6-11-21-22/h4-6,9-12,16H,1-3,7-8,13-15H2,(H,20,23). The molecular weight excluding hydrogens is 286 g/mol. The lowest BCUT2D eigenvalue weighted by molar-refractivity contribution is -0.122. The predicted molar refractivity (Wildman–Crippen MR) is 90.8 cm³/mol. The number of carbonyl (C=O) groups excluding carboxylic acids is 1. The Labute approximate surface area is 137 Å². The van der Waals surface area contributed by atoms with E-state index in [1.54, 1.807) is 6.20 Å². The summed E-state index contributed by atoms with van der Waals surface area (Å²) in [7, 11) is 0. The largest absolute Gasteiger partial charge is 0.352 e. The monoisotopic (exact) mass is 311 g/mol. The van der Waals surface area contributed by atoms with Gasteiger partial charge >= 0.3 is 0 Å². The van der Waals surface area contributed by atoms with Crippen LogP contribution in [0.4, 0.5) is 0 Å². The fourth-order valence-corrected chi connectivity index (χ4v) is 3.37. The van der Waals surface area contributed by atoms with Crippen molar-refractivity contribution in [1.29, 1.82) is 0 Å². The maximum absolute atomic E-state index is 12.2. The van der Waals surface area contributed by atoms with Crippen LogP contribution >= 0.6 is 0 Å². The van der Waals surface area contributed by atoms with E-state index in [-0.39, 0.29) is 5.91 Å². The van der Waals surface area contributed by atoms with Gasteiger partial charge in [-0.3, -0.25) is 9.48 Å². The van der Waals surface area contributed by atoms with Gasteiger partial charge in [0.1, 0.15) is 0 Å². The highest BCUT2D eigenvalue weighted by atomic mass is 16.1. The second kappa shape index (κ2) is 7.95. The molecule has 1 N–H and O–H groups in total. The fourth-order valence-electron chi connectivity index (χ4n) is 3.37. The summed E-state index contributed by atoms with van der Waals surface area (Å²) in [5.74, 6) is 0.772. The van der Waals surface area contributed by atoms with Crippen molar-refractivity contribution in [2.75, 3.05) is 0 Å². The number of amides is 1. The topological polar surface area (TPSA) is 46.9 Å². The van der Waals surface area contributed by atoms with Crippen LogP contribution in [0.15, 0.2) is 42.7 Å². The van der Waals surface area contributed by atoms with Gasteiger partial charge in [-0.1, -0.05) is 43.5 Å². The Morgan fingerprint density at radius 3 is 2.65 bits per heavy atom. The summed E-state index contributed by atoms with van der Waals surface area (Å²) in [5.41, 5.74) is 2.37. The van der Waals surface area contributed by atoms with Crippen LogP contribution in [0.1, 0.15) is 49.7 Å². The summed E-state index contributed by atoms with van der Waals surface area (Å²) in [6.45, 7) is 1.34. The minimum atomic E-state index is 0.186. The quantitative estimate of drug-likeness (QED) is 0.887. The molecule has 4 heteroatoms. The molecule has 23 heavy (non-hydrogen) atoms. The molecule has 0 bridgehead atoms. The Hall–Kier alpha value is -2.10. The summed E-state index contributed by atoms with van der Waals surface area (Å²) in [4.78, 5) is 12.2. The van der Waals surface area contributed by atoms with Gasteiger partial charge in [-0.25, -0.2) is 0 Å². The molecule has 1 aromatic heterocycles. The summed E-state index contributed by atoms with van der Waals surface area (Å²) in [5, 5.41) is 7.35. The number of nitrogens with zero attached hydrogens (tertiary/aromatic N) is 2. The van der Waals surface area contributed by atoms with Crippen molar-refractivity contribution >= 4 is 5.91 Å². The van der Waals surface area contributed by atoms with Crippen LogP contribution in [0, 0.1) is 5.92 Å². The van der Waals surface area contributed by atoms with Crippen molar-refractivity contribution in [3.63, 3.8) is 0 Å². The lowest BCUT2D eigenvalue weighted by Crippen LogP contribution is -2.26. The van der Waals surface area contributed by atoms with Crippen LogP contribution in [0.25, 0.3) is 0 Å². The molecule has 0 spiro atoms. The minimum absolute atomic E-state index is 0.186. The van der Waals surface area contributed by atoms with Crippen molar-refractivity contribution in [3.8, 4) is 0 Å². The van der Waals surface area contributed by atoms with Crippen molar-refractivity contribution in [1.82, 2.24) is 15.1 Å². The van der Waals surface area contributed by atoms with E-state index in [0.29, 0.717) is 18.9 Å². The number of benzene rings is 1. The molecule has 3 rings (SSSR count). The molecular formula is C19H25N3O. The van der Waals surface area contributed by atoms with Gasteiger partial charge in [-0.2, -0.15) is 5.10 Å². The Kier molecular flexibility index (Phi) is 5.46. The first-order valence-electron chi connectivity index (χ1n) is 8.62. The average Bonchev–Trinajstić information content (AvgIpc) is 3.08. The molecule has 0 radical (unpaired) electrons. The van der Waals surface area contributed by atoms with Gasteiger partial charge in [0.2, 0.25) is 5.91 Å². The Morgan fingerprint density at radius 1 is 1.13 bits per heavy atom. The lowest BCUT2D eigenvalue weighted by atomic mass is 9.87. The van der Waals surface area contributed by atoms with Gasteiger partial charge in [0.05, 0.1) is 6.54 Å². The van der Waals surface area contributed by atoms with Crippen LogP contribution < -0.4 is 5.32 Å². The first kappa shape index (κ1) is 15.8. The number of nitrogens with one attached hydrogen (secondary N) is 1. The molecule has 1 saturated carbocycles. The number of hydrogen-bond donors (Lipinski definition) is 1. The molecule has 0 aliphatic heterocycles. The van der Waals surface area contributed by atoms with Gasteiger partial charge in [0.25, 0.3) is 0 Å². The molecule has 122 valence electrons. The Balaban J connectivity index is 1.54. The van der Waals surface area contributed by atoms with Crippen LogP contribution in [-0.4, -0.2) is 15.7 Å². The molecule has 0 atom stereocenters. The third-order valence-corrected chi connectivity index (χ3v) is 4.68. The first-order chi connectivity index (χ1) is 11.3.